The third-order valence-electron chi connectivity index (χ3n) is 4.36. The van der Waals surface area contributed by atoms with Gasteiger partial charge in [0.15, 0.2) is 0 Å². The molecule has 1 aromatic heterocycles. The van der Waals surface area contributed by atoms with Crippen molar-refractivity contribution in [2.45, 2.75) is 18.8 Å². The van der Waals surface area contributed by atoms with Crippen molar-refractivity contribution in [1.82, 2.24) is 13.8 Å². The average Bonchev–Trinajstić information content (AvgIpc) is 3.00. The number of piperidine rings is 1. The summed E-state index contributed by atoms with van der Waals surface area (Å²) in [6, 6.07) is 1.35. The second kappa shape index (κ2) is 7.42. The van der Waals surface area contributed by atoms with E-state index in [0.717, 1.165) is 6.20 Å². The SMILES string of the molecule is CN(CCN)C(=O)N1CCC(c2ccn(S(N)(=O)=O)c2C(=O)O)CC1. The predicted octanol–water partition coefficient (Wildman–Crippen LogP) is -0.572. The number of hydrogen-bond acceptors (Lipinski definition) is 5. The van der Waals surface area contributed by atoms with Crippen molar-refractivity contribution >= 4 is 22.2 Å². The smallest absolute Gasteiger partial charge is 0.353 e. The maximum absolute atomic E-state index is 12.2. The first-order valence-corrected chi connectivity index (χ1v) is 9.35. The molecule has 25 heavy (non-hydrogen) atoms. The van der Waals surface area contributed by atoms with Crippen LogP contribution < -0.4 is 10.9 Å². The molecule has 0 aromatic carbocycles. The number of likely N-dealkylation sites (tertiary alicyclic amines) is 1. The number of hydrogen-bond donors (Lipinski definition) is 3. The number of aromatic nitrogens is 1. The summed E-state index contributed by atoms with van der Waals surface area (Å²) in [5, 5.41) is 14.4. The number of carboxylic acids is 1. The highest BCUT2D eigenvalue weighted by molar-refractivity contribution is 7.87. The largest absolute Gasteiger partial charge is 0.477 e. The number of urea groups is 1. The molecule has 1 fully saturated rings. The van der Waals surface area contributed by atoms with Crippen LogP contribution in [-0.2, 0) is 10.2 Å². The number of carbonyl (C=O) groups is 2. The van der Waals surface area contributed by atoms with E-state index in [2.05, 4.69) is 0 Å². The quantitative estimate of drug-likeness (QED) is 0.628. The molecule has 0 saturated carbocycles. The number of carboxylic acid groups (broad SMARTS) is 1. The Morgan fingerprint density at radius 3 is 2.44 bits per heavy atom. The highest BCUT2D eigenvalue weighted by Gasteiger charge is 2.31. The van der Waals surface area contributed by atoms with Crippen LogP contribution in [0.15, 0.2) is 12.3 Å². The number of nitrogens with two attached hydrogens (primary N) is 2. The highest BCUT2D eigenvalue weighted by Crippen LogP contribution is 2.31. The van der Waals surface area contributed by atoms with E-state index in [1.807, 2.05) is 0 Å². The number of nitrogens with zero attached hydrogens (tertiary/aromatic N) is 3. The molecule has 5 N–H and O–H groups in total. The fourth-order valence-corrected chi connectivity index (χ4v) is 3.77. The lowest BCUT2D eigenvalue weighted by molar-refractivity contribution is 0.0686. The molecule has 1 saturated heterocycles. The van der Waals surface area contributed by atoms with Gasteiger partial charge in [0.2, 0.25) is 0 Å². The molecule has 10 nitrogen and oxygen atoms in total. The maximum atomic E-state index is 12.2. The first-order chi connectivity index (χ1) is 11.7. The fraction of sp³-hybridized carbons (Fsp3) is 0.571. The summed E-state index contributed by atoms with van der Waals surface area (Å²) < 4.78 is 23.7. The minimum absolute atomic E-state index is 0.121. The van der Waals surface area contributed by atoms with Crippen molar-refractivity contribution < 1.29 is 23.1 Å². The van der Waals surface area contributed by atoms with E-state index >= 15 is 0 Å². The summed E-state index contributed by atoms with van der Waals surface area (Å²) in [5.74, 6) is -1.51. The summed E-state index contributed by atoms with van der Waals surface area (Å²) >= 11 is 0. The van der Waals surface area contributed by atoms with Crippen LogP contribution in [0.25, 0.3) is 0 Å². The lowest BCUT2D eigenvalue weighted by Gasteiger charge is -2.34. The molecule has 2 amide bonds. The Morgan fingerprint density at radius 1 is 1.36 bits per heavy atom. The van der Waals surface area contributed by atoms with E-state index in [1.54, 1.807) is 16.8 Å². The zero-order chi connectivity index (χ0) is 18.8. The number of rotatable bonds is 5. The molecule has 1 aliphatic heterocycles. The molecule has 2 rings (SSSR count). The zero-order valence-electron chi connectivity index (χ0n) is 14.0. The number of carbonyl (C=O) groups excluding carboxylic acids is 1. The third kappa shape index (κ3) is 4.11. The molecule has 1 aliphatic rings. The molecule has 0 atom stereocenters. The van der Waals surface area contributed by atoms with Gasteiger partial charge >= 0.3 is 22.2 Å². The molecule has 0 aliphatic carbocycles. The van der Waals surface area contributed by atoms with Gasteiger partial charge in [-0.15, -0.1) is 0 Å². The molecule has 1 aromatic rings. The van der Waals surface area contributed by atoms with E-state index < -0.39 is 16.2 Å². The minimum Gasteiger partial charge on any atom is -0.477 e. The van der Waals surface area contributed by atoms with Crippen LogP contribution in [0, 0.1) is 0 Å². The molecule has 0 radical (unpaired) electrons. The zero-order valence-corrected chi connectivity index (χ0v) is 14.8. The number of aromatic carboxylic acids is 1. The Balaban J connectivity index is 2.15. The Morgan fingerprint density at radius 2 is 1.96 bits per heavy atom. The van der Waals surface area contributed by atoms with E-state index in [4.69, 9.17) is 10.9 Å². The van der Waals surface area contributed by atoms with Crippen LogP contribution in [0.4, 0.5) is 4.79 Å². The van der Waals surface area contributed by atoms with Crippen LogP contribution in [0.1, 0.15) is 34.8 Å². The average molecular weight is 373 g/mol. The van der Waals surface area contributed by atoms with Crippen LogP contribution in [0.5, 0.6) is 0 Å². The summed E-state index contributed by atoms with van der Waals surface area (Å²) in [6.07, 6.45) is 2.23. The van der Waals surface area contributed by atoms with Crippen molar-refractivity contribution in [2.24, 2.45) is 10.9 Å². The van der Waals surface area contributed by atoms with Gasteiger partial charge in [-0.1, -0.05) is 0 Å². The molecule has 11 heteroatoms. The summed E-state index contributed by atoms with van der Waals surface area (Å²) in [5.41, 5.74) is 5.53. The standard InChI is InChI=1S/C14H23N5O5S/c1-17(9-5-15)14(22)18-6-2-10(3-7-18)11-4-8-19(25(16,23)24)12(11)13(20)21/h4,8,10H,2-3,5-7,9,15H2,1H3,(H,20,21)(H2,16,23,24). The van der Waals surface area contributed by atoms with Crippen LogP contribution in [0.3, 0.4) is 0 Å². The Bertz CT molecular complexity index is 752. The summed E-state index contributed by atoms with van der Waals surface area (Å²) in [4.78, 5) is 27.0. The second-order valence-electron chi connectivity index (χ2n) is 6.02. The van der Waals surface area contributed by atoms with Crippen LogP contribution >= 0.6 is 0 Å². The van der Waals surface area contributed by atoms with E-state index in [-0.39, 0.29) is 17.6 Å². The lowest BCUT2D eigenvalue weighted by Crippen LogP contribution is -2.46. The third-order valence-corrected chi connectivity index (χ3v) is 5.21. The topological polar surface area (TPSA) is 152 Å². The van der Waals surface area contributed by atoms with Crippen molar-refractivity contribution in [3.8, 4) is 0 Å². The number of amides is 2. The van der Waals surface area contributed by atoms with Gasteiger partial charge in [0, 0.05) is 39.4 Å². The number of likely N-dealkylation sites (N-methyl/N-ethyl adjacent to an activating group) is 1. The Hall–Kier alpha value is -2.11. The van der Waals surface area contributed by atoms with Crippen molar-refractivity contribution in [3.63, 3.8) is 0 Å². The molecule has 0 spiro atoms. The summed E-state index contributed by atoms with van der Waals surface area (Å²) in [6.45, 7) is 1.75. The Labute approximate surface area is 146 Å². The van der Waals surface area contributed by atoms with E-state index in [1.165, 1.54) is 6.07 Å². The molecular formula is C14H23N5O5S. The first-order valence-electron chi connectivity index (χ1n) is 7.84. The van der Waals surface area contributed by atoms with Gasteiger partial charge in [0.1, 0.15) is 5.69 Å². The van der Waals surface area contributed by atoms with Gasteiger partial charge in [-0.3, -0.25) is 0 Å². The van der Waals surface area contributed by atoms with Crippen molar-refractivity contribution in [2.75, 3.05) is 33.2 Å². The minimum atomic E-state index is -4.19. The van der Waals surface area contributed by atoms with Crippen molar-refractivity contribution in [3.05, 3.63) is 23.5 Å². The highest BCUT2D eigenvalue weighted by atomic mass is 32.2. The van der Waals surface area contributed by atoms with Gasteiger partial charge in [-0.25, -0.2) is 18.7 Å². The normalized spacial score (nSPS) is 16.0. The predicted molar refractivity (Wildman–Crippen MR) is 90.5 cm³/mol. The lowest BCUT2D eigenvalue weighted by atomic mass is 9.89. The van der Waals surface area contributed by atoms with E-state index in [0.29, 0.717) is 48.6 Å². The first kappa shape index (κ1) is 19.2. The van der Waals surface area contributed by atoms with Crippen LogP contribution in [-0.4, -0.2) is 72.5 Å². The Kier molecular flexibility index (Phi) is 5.70. The van der Waals surface area contributed by atoms with Gasteiger partial charge in [-0.05, 0) is 30.4 Å². The van der Waals surface area contributed by atoms with E-state index in [9.17, 15) is 23.1 Å². The van der Waals surface area contributed by atoms with Crippen LogP contribution in [0.2, 0.25) is 0 Å². The fourth-order valence-electron chi connectivity index (χ4n) is 3.10. The van der Waals surface area contributed by atoms with Gasteiger partial charge in [0.25, 0.3) is 0 Å². The molecular weight excluding hydrogens is 350 g/mol. The maximum Gasteiger partial charge on any atom is 0.353 e. The molecule has 140 valence electrons. The monoisotopic (exact) mass is 373 g/mol. The molecule has 0 bridgehead atoms. The summed E-state index contributed by atoms with van der Waals surface area (Å²) in [7, 11) is -2.51. The van der Waals surface area contributed by atoms with Gasteiger partial charge < -0.3 is 20.6 Å². The second-order valence-corrected chi connectivity index (χ2v) is 7.44. The van der Waals surface area contributed by atoms with Crippen molar-refractivity contribution in [1.29, 1.82) is 0 Å². The molecule has 2 heterocycles. The van der Waals surface area contributed by atoms with Gasteiger partial charge in [-0.2, -0.15) is 8.42 Å². The van der Waals surface area contributed by atoms with Gasteiger partial charge in [0.05, 0.1) is 0 Å². The molecule has 0 unspecified atom stereocenters.